The summed E-state index contributed by atoms with van der Waals surface area (Å²) in [6.07, 6.45) is 0. The molecule has 0 aliphatic carbocycles. The van der Waals surface area contributed by atoms with Gasteiger partial charge < -0.3 is 0 Å². The molecule has 0 amide bonds. The van der Waals surface area contributed by atoms with Crippen molar-refractivity contribution in [2.24, 2.45) is 0 Å². The van der Waals surface area contributed by atoms with E-state index in [0.29, 0.717) is 0 Å². The summed E-state index contributed by atoms with van der Waals surface area (Å²) in [4.78, 5) is 21.4. The lowest BCUT2D eigenvalue weighted by molar-refractivity contribution is 1.38. The Morgan fingerprint density at radius 2 is 0.357 bits per heavy atom. The highest BCUT2D eigenvalue weighted by Gasteiger charge is 2.25. The first-order chi connectivity index (χ1) is 62.5. The first-order valence-corrected chi connectivity index (χ1v) is 43.3. The molecule has 4 heterocycles. The maximum Gasteiger partial charge on any atom is 0.0794 e. The van der Waals surface area contributed by atoms with Gasteiger partial charge in [-0.3, -0.25) is 0 Å². The van der Waals surface area contributed by atoms with Gasteiger partial charge in [-0.1, -0.05) is 376 Å². The molecule has 22 aromatic carbocycles. The van der Waals surface area contributed by atoms with E-state index < -0.39 is 0 Å². The van der Waals surface area contributed by atoms with Crippen molar-refractivity contribution in [2.45, 2.75) is 0 Å². The Bertz CT molecular complexity index is 8970. The van der Waals surface area contributed by atoms with Gasteiger partial charge in [0.1, 0.15) is 0 Å². The standard InChI is InChI=1S/C62H38N2.C60H36N2/c1-2-16-39(17-3-1)53-37-60(63-59-29-15-14-27-51(53)59)40-30-32-41(33-31-40)61-38-57(55-35-43-19-5-7-21-45(43)47-23-9-11-25-49(47)55)58-36-56(50-26-12-13-28-52(50)62(58)64-61)54-34-42-18-4-6-20-44(42)46-22-8-10-24-48(46)54;1-3-17-41-39(15-1)33-51(45-21-7-5-19-43(41)45)53-35-55-54(52-34-40-16-2-4-18-42(40)44-20-6-8-22-46(44)52)36-58(62-60(55)48-24-10-9-23-47(48)53)37-29-31-38(32-30-37)59-49-25-11-13-27-56(49)61-57-28-14-12-26-50(57)59/h1-38H;1-36H. The lowest BCUT2D eigenvalue weighted by Gasteiger charge is -2.19. The van der Waals surface area contributed by atoms with Gasteiger partial charge in [0, 0.05) is 60.0 Å². The van der Waals surface area contributed by atoms with Crippen LogP contribution in [0.2, 0.25) is 0 Å². The second-order valence-corrected chi connectivity index (χ2v) is 33.2. The SMILES string of the molecule is c1ccc(-c2cc(-c3ccc(-c4cc(-c5cc6ccccc6c6ccccc56)c5cc(-c6cc7ccccc7c7ccccc67)c6ccccc6c5n4)cc3)nc3ccccc23)cc1.c1ccc2c(c1)cc(-c1cc3c(-c4cc5ccccc5c5ccccc45)cc(-c4ccc(-c5c6ccccc6nc6ccccc56)cc4)nc3c3ccccc13)c1ccccc12. The Labute approximate surface area is 726 Å². The van der Waals surface area contributed by atoms with Gasteiger partial charge in [-0.25, -0.2) is 19.9 Å². The van der Waals surface area contributed by atoms with Crippen LogP contribution >= 0.6 is 0 Å². The number of fused-ring (bicyclic) bond motifs is 21. The molecule has 4 heteroatoms. The molecular formula is C122H74N4. The van der Waals surface area contributed by atoms with Crippen LogP contribution in [0, 0.1) is 0 Å². The average molecular weight is 1600 g/mol. The van der Waals surface area contributed by atoms with Crippen molar-refractivity contribution < 1.29 is 0 Å². The zero-order valence-corrected chi connectivity index (χ0v) is 68.5. The molecule has 0 unspecified atom stereocenters. The van der Waals surface area contributed by atoms with Gasteiger partial charge in [0.25, 0.3) is 0 Å². The van der Waals surface area contributed by atoms with Crippen molar-refractivity contribution in [3.63, 3.8) is 0 Å². The number of hydrogen-bond acceptors (Lipinski definition) is 4. The summed E-state index contributed by atoms with van der Waals surface area (Å²) >= 11 is 0. The fourth-order valence-corrected chi connectivity index (χ4v) is 20.4. The van der Waals surface area contributed by atoms with Gasteiger partial charge in [-0.05, 0) is 231 Å². The molecule has 4 nitrogen and oxygen atoms in total. The third-order valence-electron chi connectivity index (χ3n) is 26.2. The molecule has 4 aromatic heterocycles. The number of aromatic nitrogens is 4. The summed E-state index contributed by atoms with van der Waals surface area (Å²) in [7, 11) is 0. The molecule has 0 saturated carbocycles. The molecule has 0 fully saturated rings. The van der Waals surface area contributed by atoms with E-state index in [4.69, 9.17) is 19.9 Å². The van der Waals surface area contributed by atoms with Crippen LogP contribution in [0.4, 0.5) is 0 Å². The van der Waals surface area contributed by atoms with Gasteiger partial charge in [-0.15, -0.1) is 0 Å². The van der Waals surface area contributed by atoms with Gasteiger partial charge in [0.2, 0.25) is 0 Å². The minimum absolute atomic E-state index is 0.928. The summed E-state index contributed by atoms with van der Waals surface area (Å²) in [6, 6.07) is 163. The molecule has 0 aliphatic heterocycles. The van der Waals surface area contributed by atoms with Crippen molar-refractivity contribution in [2.75, 3.05) is 0 Å². The van der Waals surface area contributed by atoms with Crippen molar-refractivity contribution in [3.8, 4) is 101 Å². The van der Waals surface area contributed by atoms with E-state index >= 15 is 0 Å². The molecule has 0 atom stereocenters. The first-order valence-electron chi connectivity index (χ1n) is 43.3. The summed E-state index contributed by atoms with van der Waals surface area (Å²) in [5.41, 5.74) is 25.2. The summed E-state index contributed by atoms with van der Waals surface area (Å²) in [6.45, 7) is 0. The van der Waals surface area contributed by atoms with Crippen molar-refractivity contribution >= 4 is 162 Å². The van der Waals surface area contributed by atoms with Crippen molar-refractivity contribution in [1.29, 1.82) is 0 Å². The van der Waals surface area contributed by atoms with Gasteiger partial charge in [0.05, 0.1) is 44.7 Å². The molecule has 0 saturated heterocycles. The number of nitrogens with zero attached hydrogens (tertiary/aromatic N) is 4. The fraction of sp³-hybridized carbons (Fsp3) is 0. The zero-order chi connectivity index (χ0) is 82.9. The molecule has 0 radical (unpaired) electrons. The Morgan fingerprint density at radius 1 is 0.119 bits per heavy atom. The largest absolute Gasteiger partial charge is 0.248 e. The Balaban J connectivity index is 0.000000137. The van der Waals surface area contributed by atoms with E-state index in [2.05, 4.69) is 449 Å². The van der Waals surface area contributed by atoms with Crippen molar-refractivity contribution in [3.05, 3.63) is 449 Å². The average Bonchev–Trinajstić information content (AvgIpc) is 0.724. The molecule has 0 bridgehead atoms. The Hall–Kier alpha value is -16.7. The van der Waals surface area contributed by atoms with Crippen LogP contribution in [0.25, 0.3) is 263 Å². The number of para-hydroxylation sites is 3. The van der Waals surface area contributed by atoms with Crippen LogP contribution in [-0.2, 0) is 0 Å². The van der Waals surface area contributed by atoms with E-state index in [1.165, 1.54) is 153 Å². The number of rotatable bonds is 9. The van der Waals surface area contributed by atoms with E-state index in [-0.39, 0.29) is 0 Å². The van der Waals surface area contributed by atoms with Crippen LogP contribution < -0.4 is 0 Å². The molecule has 126 heavy (non-hydrogen) atoms. The molecule has 582 valence electrons. The second-order valence-electron chi connectivity index (χ2n) is 33.2. The van der Waals surface area contributed by atoms with E-state index in [0.717, 1.165) is 110 Å². The van der Waals surface area contributed by atoms with Crippen LogP contribution in [0.3, 0.4) is 0 Å². The van der Waals surface area contributed by atoms with Crippen LogP contribution in [0.15, 0.2) is 449 Å². The summed E-state index contributed by atoms with van der Waals surface area (Å²) in [5, 5.41) is 30.2. The van der Waals surface area contributed by atoms with E-state index in [1.807, 2.05) is 0 Å². The molecule has 26 rings (SSSR count). The minimum Gasteiger partial charge on any atom is -0.248 e. The number of benzene rings is 22. The lowest BCUT2D eigenvalue weighted by atomic mass is 9.86. The quantitative estimate of drug-likeness (QED) is 0.107. The van der Waals surface area contributed by atoms with Gasteiger partial charge in [-0.2, -0.15) is 0 Å². The number of hydrogen-bond donors (Lipinski definition) is 0. The lowest BCUT2D eigenvalue weighted by Crippen LogP contribution is -1.95. The normalized spacial score (nSPS) is 11.8. The molecule has 26 aromatic rings. The predicted molar refractivity (Wildman–Crippen MR) is 536 cm³/mol. The third kappa shape index (κ3) is 12.0. The van der Waals surface area contributed by atoms with Crippen LogP contribution in [-0.4, -0.2) is 19.9 Å². The highest BCUT2D eigenvalue weighted by Crippen LogP contribution is 2.50. The first kappa shape index (κ1) is 72.2. The monoisotopic (exact) mass is 1590 g/mol. The highest BCUT2D eigenvalue weighted by molar-refractivity contribution is 6.27. The maximum absolute atomic E-state index is 5.64. The smallest absolute Gasteiger partial charge is 0.0794 e. The topological polar surface area (TPSA) is 51.6 Å². The highest BCUT2D eigenvalue weighted by atomic mass is 14.7. The maximum atomic E-state index is 5.64. The summed E-state index contributed by atoms with van der Waals surface area (Å²) in [5.74, 6) is 0. The van der Waals surface area contributed by atoms with Crippen LogP contribution in [0.1, 0.15) is 0 Å². The van der Waals surface area contributed by atoms with Gasteiger partial charge >= 0.3 is 0 Å². The third-order valence-corrected chi connectivity index (χ3v) is 26.2. The van der Waals surface area contributed by atoms with E-state index in [1.54, 1.807) is 0 Å². The predicted octanol–water partition coefficient (Wildman–Crippen LogP) is 33.3. The molecule has 0 N–H and O–H groups in total. The Kier molecular flexibility index (Phi) is 17.0. The second kappa shape index (κ2) is 29.6. The summed E-state index contributed by atoms with van der Waals surface area (Å²) < 4.78 is 0. The van der Waals surface area contributed by atoms with E-state index in [9.17, 15) is 0 Å². The Morgan fingerprint density at radius 3 is 0.714 bits per heavy atom. The van der Waals surface area contributed by atoms with Crippen molar-refractivity contribution in [1.82, 2.24) is 19.9 Å². The number of pyridine rings is 4. The minimum atomic E-state index is 0.928. The van der Waals surface area contributed by atoms with Crippen LogP contribution in [0.5, 0.6) is 0 Å². The molecule has 0 spiro atoms. The van der Waals surface area contributed by atoms with Gasteiger partial charge in [0.15, 0.2) is 0 Å². The fourth-order valence-electron chi connectivity index (χ4n) is 20.4. The molecular weight excluding hydrogens is 1520 g/mol. The molecule has 0 aliphatic rings. The zero-order valence-electron chi connectivity index (χ0n) is 68.5.